The van der Waals surface area contributed by atoms with Crippen molar-refractivity contribution in [1.29, 1.82) is 0 Å². The third-order valence-corrected chi connectivity index (χ3v) is 1.24. The lowest BCUT2D eigenvalue weighted by Crippen LogP contribution is -1.78. The zero-order valence-corrected chi connectivity index (χ0v) is 4.90. The van der Waals surface area contributed by atoms with Crippen LogP contribution in [0.4, 0.5) is 0 Å². The Morgan fingerprint density at radius 3 is 3.00 bits per heavy atom. The van der Waals surface area contributed by atoms with E-state index in [1.165, 1.54) is 11.5 Å². The van der Waals surface area contributed by atoms with Crippen LogP contribution in [0.5, 0.6) is 0 Å². The normalized spacial score (nSPS) is 9.29. The first-order valence-electron chi connectivity index (χ1n) is 2.18. The Hall–Kier alpha value is -0.440. The second-order valence-electron chi connectivity index (χ2n) is 1.20. The van der Waals surface area contributed by atoms with E-state index in [2.05, 4.69) is 9.36 Å². The predicted molar refractivity (Wildman–Crippen MR) is 29.3 cm³/mol. The number of hydrogen-bond acceptors (Lipinski definition) is 3. The molecule has 0 bridgehead atoms. The van der Waals surface area contributed by atoms with Gasteiger partial charge >= 0.3 is 0 Å². The maximum atomic E-state index is 3.97. The second kappa shape index (κ2) is 2.02. The summed E-state index contributed by atoms with van der Waals surface area (Å²) in [5.74, 6) is 0.949. The molecule has 2 nitrogen and oxygen atoms in total. The van der Waals surface area contributed by atoms with Crippen LogP contribution in [0.1, 0.15) is 12.7 Å². The van der Waals surface area contributed by atoms with Crippen LogP contribution in [-0.4, -0.2) is 9.36 Å². The monoisotopic (exact) mass is 114 g/mol. The molecule has 1 aromatic rings. The van der Waals surface area contributed by atoms with E-state index >= 15 is 0 Å². The van der Waals surface area contributed by atoms with Crippen molar-refractivity contribution in [2.75, 3.05) is 0 Å². The van der Waals surface area contributed by atoms with Gasteiger partial charge in [-0.3, -0.25) is 0 Å². The van der Waals surface area contributed by atoms with Gasteiger partial charge in [-0.15, -0.1) is 0 Å². The Labute approximate surface area is 46.4 Å². The summed E-state index contributed by atoms with van der Waals surface area (Å²) < 4.78 is 3.97. The minimum absolute atomic E-state index is 0.948. The summed E-state index contributed by atoms with van der Waals surface area (Å²) in [5.41, 5.74) is 1.75. The lowest BCUT2D eigenvalue weighted by atomic mass is 10.5. The summed E-state index contributed by atoms with van der Waals surface area (Å²) in [4.78, 5) is 3.94. The van der Waals surface area contributed by atoms with Crippen LogP contribution in [0.3, 0.4) is 0 Å². The van der Waals surface area contributed by atoms with Crippen molar-refractivity contribution >= 4 is 11.5 Å². The van der Waals surface area contributed by atoms with Gasteiger partial charge in [0.25, 0.3) is 0 Å². The molecule has 0 unspecified atom stereocenters. The number of aryl methyl sites for hydroxylation is 1. The molecule has 0 aliphatic carbocycles. The average Bonchev–Trinajstić information content (AvgIpc) is 2.14. The first-order chi connectivity index (χ1) is 3.43. The molecular weight excluding hydrogens is 108 g/mol. The molecule has 0 atom stereocenters. The van der Waals surface area contributed by atoms with Crippen molar-refractivity contribution in [3.63, 3.8) is 0 Å². The summed E-state index contributed by atoms with van der Waals surface area (Å²) >= 11 is 1.40. The van der Waals surface area contributed by atoms with Gasteiger partial charge in [0.2, 0.25) is 0 Å². The van der Waals surface area contributed by atoms with Crippen molar-refractivity contribution in [1.82, 2.24) is 9.36 Å². The van der Waals surface area contributed by atoms with E-state index < -0.39 is 0 Å². The van der Waals surface area contributed by atoms with Crippen LogP contribution in [-0.2, 0) is 6.42 Å². The van der Waals surface area contributed by atoms with E-state index in [0.717, 1.165) is 12.2 Å². The Balaban J connectivity index is 2.76. The van der Waals surface area contributed by atoms with E-state index in [0.29, 0.717) is 0 Å². The van der Waals surface area contributed by atoms with Crippen LogP contribution in [0, 0.1) is 0 Å². The average molecular weight is 114 g/mol. The Morgan fingerprint density at radius 2 is 2.71 bits per heavy atom. The number of nitrogens with zero attached hydrogens (tertiary/aromatic N) is 2. The zero-order valence-electron chi connectivity index (χ0n) is 4.09. The molecule has 0 radical (unpaired) electrons. The number of rotatable bonds is 1. The first kappa shape index (κ1) is 4.71. The molecule has 0 saturated carbocycles. The van der Waals surface area contributed by atoms with Gasteiger partial charge in [0, 0.05) is 6.42 Å². The molecule has 0 N–H and O–H groups in total. The molecule has 0 aliphatic heterocycles. The van der Waals surface area contributed by atoms with E-state index in [1.54, 1.807) is 5.51 Å². The molecule has 0 aliphatic rings. The lowest BCUT2D eigenvalue weighted by Gasteiger charge is -1.75. The van der Waals surface area contributed by atoms with Crippen molar-refractivity contribution < 1.29 is 0 Å². The largest absolute Gasteiger partial charge is 0.228 e. The van der Waals surface area contributed by atoms with E-state index in [1.807, 2.05) is 6.92 Å². The molecule has 7 heavy (non-hydrogen) atoms. The highest BCUT2D eigenvalue weighted by Gasteiger charge is 1.86. The topological polar surface area (TPSA) is 25.8 Å². The molecule has 0 saturated heterocycles. The SMILES string of the molecule is CCc1ncsn1. The van der Waals surface area contributed by atoms with Crippen molar-refractivity contribution in [3.05, 3.63) is 11.3 Å². The summed E-state index contributed by atoms with van der Waals surface area (Å²) in [6.07, 6.45) is 0.948. The lowest BCUT2D eigenvalue weighted by molar-refractivity contribution is 0.999. The van der Waals surface area contributed by atoms with Crippen molar-refractivity contribution in [2.24, 2.45) is 0 Å². The van der Waals surface area contributed by atoms with Crippen LogP contribution in [0.2, 0.25) is 0 Å². The standard InChI is InChI=1S/C4H6N2S/c1-2-4-5-3-7-6-4/h3H,2H2,1H3. The van der Waals surface area contributed by atoms with Gasteiger partial charge in [-0.2, -0.15) is 4.37 Å². The summed E-state index contributed by atoms with van der Waals surface area (Å²) in [5, 5.41) is 0. The second-order valence-corrected chi connectivity index (χ2v) is 1.81. The fraction of sp³-hybridized carbons (Fsp3) is 0.500. The van der Waals surface area contributed by atoms with Gasteiger partial charge < -0.3 is 0 Å². The first-order valence-corrected chi connectivity index (χ1v) is 3.02. The molecule has 0 fully saturated rings. The summed E-state index contributed by atoms with van der Waals surface area (Å²) in [6.45, 7) is 2.04. The van der Waals surface area contributed by atoms with Crippen molar-refractivity contribution in [2.45, 2.75) is 13.3 Å². The van der Waals surface area contributed by atoms with Crippen LogP contribution in [0.25, 0.3) is 0 Å². The maximum Gasteiger partial charge on any atom is 0.141 e. The molecule has 1 heterocycles. The summed E-state index contributed by atoms with van der Waals surface area (Å²) in [7, 11) is 0. The molecule has 3 heteroatoms. The molecule has 1 rings (SSSR count). The van der Waals surface area contributed by atoms with Gasteiger partial charge in [-0.1, -0.05) is 6.92 Å². The predicted octanol–water partition coefficient (Wildman–Crippen LogP) is 1.10. The third-order valence-electron chi connectivity index (χ3n) is 0.723. The van der Waals surface area contributed by atoms with Crippen LogP contribution >= 0.6 is 11.5 Å². The molecule has 38 valence electrons. The van der Waals surface area contributed by atoms with Crippen LogP contribution < -0.4 is 0 Å². The van der Waals surface area contributed by atoms with E-state index in [9.17, 15) is 0 Å². The summed E-state index contributed by atoms with van der Waals surface area (Å²) in [6, 6.07) is 0. The van der Waals surface area contributed by atoms with Gasteiger partial charge in [0.1, 0.15) is 11.3 Å². The highest BCUT2D eigenvalue weighted by atomic mass is 32.1. The molecule has 0 aromatic carbocycles. The fourth-order valence-corrected chi connectivity index (χ4v) is 0.862. The number of aromatic nitrogens is 2. The molecule has 0 amide bonds. The molecule has 1 aromatic heterocycles. The molecule has 0 spiro atoms. The third kappa shape index (κ3) is 0.962. The van der Waals surface area contributed by atoms with Gasteiger partial charge in [0.15, 0.2) is 0 Å². The van der Waals surface area contributed by atoms with E-state index in [-0.39, 0.29) is 0 Å². The van der Waals surface area contributed by atoms with Crippen LogP contribution in [0.15, 0.2) is 5.51 Å². The number of hydrogen-bond donors (Lipinski definition) is 0. The Bertz CT molecular complexity index is 124. The van der Waals surface area contributed by atoms with Gasteiger partial charge in [0.05, 0.1) is 0 Å². The quantitative estimate of drug-likeness (QED) is 0.546. The minimum atomic E-state index is 0.948. The highest BCUT2D eigenvalue weighted by molar-refractivity contribution is 7.03. The molecular formula is C4H6N2S. The Kier molecular flexibility index (Phi) is 1.36. The van der Waals surface area contributed by atoms with E-state index in [4.69, 9.17) is 0 Å². The van der Waals surface area contributed by atoms with Gasteiger partial charge in [-0.25, -0.2) is 4.98 Å². The van der Waals surface area contributed by atoms with Gasteiger partial charge in [-0.05, 0) is 11.5 Å². The Morgan fingerprint density at radius 1 is 1.86 bits per heavy atom. The smallest absolute Gasteiger partial charge is 0.141 e. The maximum absolute atomic E-state index is 3.97. The minimum Gasteiger partial charge on any atom is -0.228 e. The van der Waals surface area contributed by atoms with Crippen molar-refractivity contribution in [3.8, 4) is 0 Å². The fourth-order valence-electron chi connectivity index (χ4n) is 0.348. The highest BCUT2D eigenvalue weighted by Crippen LogP contribution is 1.92. The zero-order chi connectivity index (χ0) is 5.11.